The molecule has 9 heteroatoms. The van der Waals surface area contributed by atoms with Crippen molar-refractivity contribution in [3.05, 3.63) is 26.9 Å². The molecule has 0 amide bonds. The van der Waals surface area contributed by atoms with E-state index in [1.807, 2.05) is 0 Å². The van der Waals surface area contributed by atoms with Crippen LogP contribution in [0.15, 0.2) is 25.8 Å². The van der Waals surface area contributed by atoms with Gasteiger partial charge in [0.15, 0.2) is 0 Å². The number of aryl methyl sites for hydroxylation is 1. The summed E-state index contributed by atoms with van der Waals surface area (Å²) in [7, 11) is 4.71. The summed E-state index contributed by atoms with van der Waals surface area (Å²) in [5.41, 5.74) is -0.735. The number of hydrogen-bond acceptors (Lipinski definition) is 6. The third-order valence-corrected chi connectivity index (χ3v) is 3.39. The topological polar surface area (TPSA) is 87.6 Å². The highest BCUT2D eigenvalue weighted by molar-refractivity contribution is 7.99. The van der Waals surface area contributed by atoms with Crippen molar-refractivity contribution in [2.75, 3.05) is 0 Å². The average Bonchev–Trinajstić information content (AvgIpc) is 2.69. The van der Waals surface area contributed by atoms with E-state index in [1.54, 1.807) is 14.1 Å². The number of aromatic nitrogens is 6. The van der Waals surface area contributed by atoms with Crippen LogP contribution in [0.25, 0.3) is 0 Å². The molecule has 0 unspecified atom stereocenters. The quantitative estimate of drug-likeness (QED) is 0.623. The SMILES string of the molecule is Cn1nnnc1Sc1cc(=O)n(C)c(=O)n1C. The molecule has 0 bridgehead atoms. The Morgan fingerprint density at radius 3 is 2.47 bits per heavy atom. The molecule has 0 aliphatic heterocycles. The van der Waals surface area contributed by atoms with E-state index in [9.17, 15) is 9.59 Å². The van der Waals surface area contributed by atoms with Crippen LogP contribution >= 0.6 is 11.8 Å². The standard InChI is InChI=1S/C8H10N6O2S/c1-12-5(15)4-6(13(2)8(12)16)17-7-9-10-11-14(7)3/h4H,1-3H3. The van der Waals surface area contributed by atoms with Gasteiger partial charge in [0.05, 0.1) is 5.03 Å². The van der Waals surface area contributed by atoms with Gasteiger partial charge in [0.25, 0.3) is 5.56 Å². The minimum absolute atomic E-state index is 0.356. The van der Waals surface area contributed by atoms with Crippen molar-refractivity contribution < 1.29 is 0 Å². The van der Waals surface area contributed by atoms with Gasteiger partial charge in [0.1, 0.15) is 0 Å². The molecule has 0 fully saturated rings. The number of nitrogens with zero attached hydrogens (tertiary/aromatic N) is 6. The Kier molecular flexibility index (Phi) is 2.84. The number of tetrazole rings is 1. The Balaban J connectivity index is 2.51. The van der Waals surface area contributed by atoms with Crippen LogP contribution < -0.4 is 11.2 Å². The number of hydrogen-bond donors (Lipinski definition) is 0. The van der Waals surface area contributed by atoms with Gasteiger partial charge < -0.3 is 0 Å². The van der Waals surface area contributed by atoms with Crippen LogP contribution in [0.3, 0.4) is 0 Å². The molecule has 0 N–H and O–H groups in total. The summed E-state index contributed by atoms with van der Waals surface area (Å²) in [6.07, 6.45) is 0. The molecule has 0 spiro atoms. The lowest BCUT2D eigenvalue weighted by Crippen LogP contribution is -2.36. The smallest absolute Gasteiger partial charge is 0.291 e. The van der Waals surface area contributed by atoms with E-state index in [1.165, 1.54) is 22.4 Å². The minimum atomic E-state index is -0.380. The molecular formula is C8H10N6O2S. The first-order valence-corrected chi connectivity index (χ1v) is 5.49. The zero-order chi connectivity index (χ0) is 12.6. The Labute approximate surface area is 99.9 Å². The molecule has 0 saturated heterocycles. The predicted molar refractivity (Wildman–Crippen MR) is 59.8 cm³/mol. The van der Waals surface area contributed by atoms with E-state index in [2.05, 4.69) is 15.5 Å². The largest absolute Gasteiger partial charge is 0.331 e. The molecule has 2 aromatic rings. The lowest BCUT2D eigenvalue weighted by atomic mass is 10.6. The highest BCUT2D eigenvalue weighted by atomic mass is 32.2. The summed E-state index contributed by atoms with van der Waals surface area (Å²) < 4.78 is 3.88. The Hall–Kier alpha value is -1.90. The maximum absolute atomic E-state index is 11.7. The first-order valence-electron chi connectivity index (χ1n) is 4.68. The first-order chi connectivity index (χ1) is 8.00. The van der Waals surface area contributed by atoms with Crippen LogP contribution in [-0.4, -0.2) is 29.3 Å². The van der Waals surface area contributed by atoms with Crippen molar-refractivity contribution in [1.29, 1.82) is 0 Å². The van der Waals surface area contributed by atoms with Gasteiger partial charge in [-0.2, -0.15) is 0 Å². The van der Waals surface area contributed by atoms with Crippen molar-refractivity contribution in [1.82, 2.24) is 29.3 Å². The van der Waals surface area contributed by atoms with E-state index in [0.29, 0.717) is 10.2 Å². The van der Waals surface area contributed by atoms with E-state index < -0.39 is 0 Å². The molecule has 0 aromatic carbocycles. The second kappa shape index (κ2) is 4.17. The molecule has 0 radical (unpaired) electrons. The van der Waals surface area contributed by atoms with Crippen molar-refractivity contribution in [3.63, 3.8) is 0 Å². The molecule has 0 saturated carbocycles. The lowest BCUT2D eigenvalue weighted by Gasteiger charge is -2.07. The molecule has 2 heterocycles. The van der Waals surface area contributed by atoms with Crippen molar-refractivity contribution in [2.24, 2.45) is 21.1 Å². The van der Waals surface area contributed by atoms with E-state index >= 15 is 0 Å². The lowest BCUT2D eigenvalue weighted by molar-refractivity contribution is 0.630. The van der Waals surface area contributed by atoms with Crippen LogP contribution in [0, 0.1) is 0 Å². The van der Waals surface area contributed by atoms with Crippen LogP contribution in [0.4, 0.5) is 0 Å². The Morgan fingerprint density at radius 1 is 1.18 bits per heavy atom. The fraction of sp³-hybridized carbons (Fsp3) is 0.375. The highest BCUT2D eigenvalue weighted by Gasteiger charge is 2.10. The first kappa shape index (κ1) is 11.6. The van der Waals surface area contributed by atoms with Gasteiger partial charge in [0, 0.05) is 27.2 Å². The van der Waals surface area contributed by atoms with Gasteiger partial charge in [-0.1, -0.05) is 0 Å². The summed E-state index contributed by atoms with van der Waals surface area (Å²) in [5.74, 6) is 0. The maximum atomic E-state index is 11.7. The highest BCUT2D eigenvalue weighted by Crippen LogP contribution is 2.21. The molecule has 8 nitrogen and oxygen atoms in total. The molecule has 90 valence electrons. The maximum Gasteiger partial charge on any atom is 0.331 e. The predicted octanol–water partition coefficient (Wildman–Crippen LogP) is -1.24. The van der Waals surface area contributed by atoms with Crippen LogP contribution in [0.2, 0.25) is 0 Å². The molecule has 17 heavy (non-hydrogen) atoms. The fourth-order valence-electron chi connectivity index (χ4n) is 1.21. The minimum Gasteiger partial charge on any atom is -0.291 e. The third kappa shape index (κ3) is 2.00. The molecule has 2 aromatic heterocycles. The number of rotatable bonds is 2. The zero-order valence-electron chi connectivity index (χ0n) is 9.49. The van der Waals surface area contributed by atoms with Gasteiger partial charge in [-0.3, -0.25) is 13.9 Å². The second-order valence-electron chi connectivity index (χ2n) is 3.41. The van der Waals surface area contributed by atoms with Gasteiger partial charge in [-0.25, -0.2) is 9.48 Å². The van der Waals surface area contributed by atoms with Gasteiger partial charge in [-0.05, 0) is 22.2 Å². The molecule has 0 aliphatic carbocycles. The van der Waals surface area contributed by atoms with Gasteiger partial charge in [-0.15, -0.1) is 5.10 Å². The summed E-state index contributed by atoms with van der Waals surface area (Å²) in [5, 5.41) is 11.9. The van der Waals surface area contributed by atoms with Crippen molar-refractivity contribution >= 4 is 11.8 Å². The second-order valence-corrected chi connectivity index (χ2v) is 4.40. The normalized spacial score (nSPS) is 10.8. The zero-order valence-corrected chi connectivity index (χ0v) is 10.3. The van der Waals surface area contributed by atoms with E-state index in [-0.39, 0.29) is 11.2 Å². The fourth-order valence-corrected chi connectivity index (χ4v) is 2.02. The van der Waals surface area contributed by atoms with Crippen LogP contribution in [-0.2, 0) is 21.1 Å². The molecule has 2 rings (SSSR count). The van der Waals surface area contributed by atoms with Gasteiger partial charge >= 0.3 is 5.69 Å². The van der Waals surface area contributed by atoms with Crippen molar-refractivity contribution in [3.8, 4) is 0 Å². The molecule has 0 aliphatic rings. The van der Waals surface area contributed by atoms with Crippen LogP contribution in [0.1, 0.15) is 0 Å². The van der Waals surface area contributed by atoms with Crippen LogP contribution in [0.5, 0.6) is 0 Å². The van der Waals surface area contributed by atoms with Crippen molar-refractivity contribution in [2.45, 2.75) is 10.2 Å². The van der Waals surface area contributed by atoms with E-state index in [0.717, 1.165) is 16.3 Å². The average molecular weight is 254 g/mol. The summed E-state index contributed by atoms with van der Waals surface area (Å²) in [6, 6.07) is 1.38. The summed E-state index contributed by atoms with van der Waals surface area (Å²) in [6.45, 7) is 0. The van der Waals surface area contributed by atoms with E-state index in [4.69, 9.17) is 0 Å². The monoisotopic (exact) mass is 254 g/mol. The molecular weight excluding hydrogens is 244 g/mol. The Bertz CT molecular complexity index is 669. The van der Waals surface area contributed by atoms with Gasteiger partial charge in [0.2, 0.25) is 5.16 Å². The Morgan fingerprint density at radius 2 is 1.88 bits per heavy atom. The summed E-state index contributed by atoms with van der Waals surface area (Å²) >= 11 is 1.16. The molecule has 0 atom stereocenters. The third-order valence-electron chi connectivity index (χ3n) is 2.26. The summed E-state index contributed by atoms with van der Waals surface area (Å²) in [4.78, 5) is 23.2.